The zero-order valence-corrected chi connectivity index (χ0v) is 13.3. The van der Waals surface area contributed by atoms with Crippen molar-refractivity contribution < 1.29 is 18.7 Å². The van der Waals surface area contributed by atoms with Gasteiger partial charge in [-0.2, -0.15) is 10.3 Å². The Balaban J connectivity index is 2.29. The topological polar surface area (TPSA) is 77.1 Å². The minimum Gasteiger partial charge on any atom is -0.461 e. The number of unbranched alkanes of at least 4 members (excludes halogenated alkanes) is 1. The minimum atomic E-state index is -0.571. The highest BCUT2D eigenvalue weighted by Gasteiger charge is 2.21. The maximum atomic E-state index is 13.6. The van der Waals surface area contributed by atoms with E-state index >= 15 is 0 Å². The van der Waals surface area contributed by atoms with Crippen molar-refractivity contribution in [2.75, 3.05) is 13.2 Å². The van der Waals surface area contributed by atoms with Gasteiger partial charge in [-0.15, -0.1) is 5.10 Å². The summed E-state index contributed by atoms with van der Waals surface area (Å²) in [5, 5.41) is 10.3. The summed E-state index contributed by atoms with van der Waals surface area (Å²) < 4.78 is 24.1. The molecule has 2 rings (SSSR count). The fraction of sp³-hybridized carbons (Fsp3) is 0.438. The van der Waals surface area contributed by atoms with Crippen LogP contribution in [0, 0.1) is 5.82 Å². The Morgan fingerprint density at radius 2 is 2.13 bits per heavy atom. The summed E-state index contributed by atoms with van der Waals surface area (Å²) >= 11 is 0. The van der Waals surface area contributed by atoms with Gasteiger partial charge in [0.1, 0.15) is 11.5 Å². The van der Waals surface area contributed by atoms with Gasteiger partial charge in [0.25, 0.3) is 0 Å². The molecule has 0 saturated carbocycles. The number of nitrogens with zero attached hydrogens (tertiary/aromatic N) is 2. The first-order valence-electron chi connectivity index (χ1n) is 7.61. The number of hydrogen-bond donors (Lipinski definition) is 1. The van der Waals surface area contributed by atoms with Crippen molar-refractivity contribution >= 4 is 5.97 Å². The number of hydrogen-bond acceptors (Lipinski definition) is 5. The Morgan fingerprint density at radius 3 is 2.87 bits per heavy atom. The summed E-state index contributed by atoms with van der Waals surface area (Å²) in [4.78, 5) is 11.9. The smallest absolute Gasteiger partial charge is 0.361 e. The van der Waals surface area contributed by atoms with Gasteiger partial charge in [0.2, 0.25) is 0 Å². The van der Waals surface area contributed by atoms with Crippen LogP contribution in [0.3, 0.4) is 0 Å². The van der Waals surface area contributed by atoms with Crippen LogP contribution in [0.5, 0.6) is 0 Å². The molecule has 0 fully saturated rings. The molecule has 0 aliphatic heterocycles. The average Bonchev–Trinajstić information content (AvgIpc) is 3.01. The number of benzene rings is 1. The van der Waals surface area contributed by atoms with E-state index in [0.717, 1.165) is 12.8 Å². The molecule has 0 bridgehead atoms. The average molecular weight is 321 g/mol. The van der Waals surface area contributed by atoms with Gasteiger partial charge >= 0.3 is 5.97 Å². The number of aromatic amines is 1. The SMILES string of the molecule is CCCCOCc1cc(F)ccc1-c1n[nH]nc1C(=O)OCC. The molecule has 7 heteroatoms. The summed E-state index contributed by atoms with van der Waals surface area (Å²) in [5.74, 6) is -0.942. The standard InChI is InChI=1S/C16H20FN3O3/c1-3-5-8-22-10-11-9-12(17)6-7-13(11)14-15(19-20-18-14)16(21)23-4-2/h6-7,9H,3-5,8,10H2,1-2H3,(H,18,19,20). The van der Waals surface area contributed by atoms with Gasteiger partial charge in [0.05, 0.1) is 13.2 Å². The zero-order chi connectivity index (χ0) is 16.7. The Hall–Kier alpha value is -2.28. The normalized spacial score (nSPS) is 10.7. The predicted octanol–water partition coefficient (Wildman–Crippen LogP) is 3.10. The van der Waals surface area contributed by atoms with Crippen molar-refractivity contribution in [3.05, 3.63) is 35.3 Å². The molecule has 0 atom stereocenters. The lowest BCUT2D eigenvalue weighted by Gasteiger charge is -2.09. The molecule has 1 aromatic carbocycles. The van der Waals surface area contributed by atoms with E-state index in [0.29, 0.717) is 23.4 Å². The molecule has 23 heavy (non-hydrogen) atoms. The van der Waals surface area contributed by atoms with E-state index in [1.807, 2.05) is 0 Å². The molecule has 0 unspecified atom stereocenters. The van der Waals surface area contributed by atoms with E-state index in [1.54, 1.807) is 13.0 Å². The fourth-order valence-corrected chi connectivity index (χ4v) is 2.10. The summed E-state index contributed by atoms with van der Waals surface area (Å²) in [7, 11) is 0. The third-order valence-electron chi connectivity index (χ3n) is 3.24. The molecule has 2 aromatic rings. The van der Waals surface area contributed by atoms with Crippen molar-refractivity contribution in [1.82, 2.24) is 15.4 Å². The van der Waals surface area contributed by atoms with Crippen LogP contribution < -0.4 is 0 Å². The lowest BCUT2D eigenvalue weighted by molar-refractivity contribution is 0.0520. The van der Waals surface area contributed by atoms with Gasteiger partial charge in [-0.25, -0.2) is 9.18 Å². The van der Waals surface area contributed by atoms with Crippen LogP contribution in [-0.4, -0.2) is 34.6 Å². The van der Waals surface area contributed by atoms with Gasteiger partial charge in [-0.05, 0) is 37.1 Å². The molecular weight excluding hydrogens is 301 g/mol. The van der Waals surface area contributed by atoms with Crippen molar-refractivity contribution in [1.29, 1.82) is 0 Å². The van der Waals surface area contributed by atoms with E-state index in [1.165, 1.54) is 12.1 Å². The van der Waals surface area contributed by atoms with Gasteiger partial charge < -0.3 is 9.47 Å². The molecule has 0 aliphatic rings. The minimum absolute atomic E-state index is 0.0771. The number of carbonyl (C=O) groups is 1. The number of aromatic nitrogens is 3. The number of nitrogens with one attached hydrogen (secondary N) is 1. The lowest BCUT2D eigenvalue weighted by atomic mass is 10.0. The summed E-state index contributed by atoms with van der Waals surface area (Å²) in [6.45, 7) is 4.85. The van der Waals surface area contributed by atoms with Gasteiger partial charge in [0.15, 0.2) is 5.69 Å². The molecule has 6 nitrogen and oxygen atoms in total. The zero-order valence-electron chi connectivity index (χ0n) is 13.3. The van der Waals surface area contributed by atoms with Gasteiger partial charge in [-0.1, -0.05) is 13.3 Å². The molecule has 1 heterocycles. The highest BCUT2D eigenvalue weighted by atomic mass is 19.1. The second-order valence-corrected chi connectivity index (χ2v) is 4.95. The number of ether oxygens (including phenoxy) is 2. The van der Waals surface area contributed by atoms with Gasteiger partial charge in [-0.3, -0.25) is 0 Å². The summed E-state index contributed by atoms with van der Waals surface area (Å²) in [6.07, 6.45) is 1.95. The lowest BCUT2D eigenvalue weighted by Crippen LogP contribution is -2.07. The third-order valence-corrected chi connectivity index (χ3v) is 3.24. The Kier molecular flexibility index (Phi) is 6.22. The maximum Gasteiger partial charge on any atom is 0.361 e. The number of carbonyl (C=O) groups excluding carboxylic acids is 1. The Bertz CT molecular complexity index is 658. The van der Waals surface area contributed by atoms with E-state index in [4.69, 9.17) is 9.47 Å². The van der Waals surface area contributed by atoms with Crippen molar-refractivity contribution in [3.63, 3.8) is 0 Å². The summed E-state index contributed by atoms with van der Waals surface area (Å²) in [6, 6.07) is 4.26. The van der Waals surface area contributed by atoms with Crippen LogP contribution >= 0.6 is 0 Å². The van der Waals surface area contributed by atoms with E-state index in [9.17, 15) is 9.18 Å². The molecule has 0 spiro atoms. The highest BCUT2D eigenvalue weighted by Crippen LogP contribution is 2.26. The number of halogens is 1. The highest BCUT2D eigenvalue weighted by molar-refractivity contribution is 5.94. The molecule has 0 saturated heterocycles. The number of esters is 1. The van der Waals surface area contributed by atoms with E-state index in [-0.39, 0.29) is 24.7 Å². The molecule has 0 aliphatic carbocycles. The van der Waals surface area contributed by atoms with Crippen LogP contribution in [0.4, 0.5) is 4.39 Å². The van der Waals surface area contributed by atoms with Crippen molar-refractivity contribution in [2.24, 2.45) is 0 Å². The Labute approximate surface area is 134 Å². The molecule has 0 radical (unpaired) electrons. The first-order chi connectivity index (χ1) is 11.2. The van der Waals surface area contributed by atoms with Gasteiger partial charge in [0, 0.05) is 12.2 Å². The molecule has 1 aromatic heterocycles. The molecule has 1 N–H and O–H groups in total. The largest absolute Gasteiger partial charge is 0.461 e. The van der Waals surface area contributed by atoms with E-state index < -0.39 is 5.97 Å². The van der Waals surface area contributed by atoms with Crippen LogP contribution in [0.1, 0.15) is 42.7 Å². The maximum absolute atomic E-state index is 13.6. The quantitative estimate of drug-likeness (QED) is 0.597. The molecule has 0 amide bonds. The van der Waals surface area contributed by atoms with Crippen molar-refractivity contribution in [3.8, 4) is 11.3 Å². The predicted molar refractivity (Wildman–Crippen MR) is 82.3 cm³/mol. The van der Waals surface area contributed by atoms with Crippen LogP contribution in [-0.2, 0) is 16.1 Å². The third kappa shape index (κ3) is 4.35. The Morgan fingerprint density at radius 1 is 1.30 bits per heavy atom. The van der Waals surface area contributed by atoms with Crippen LogP contribution in [0.15, 0.2) is 18.2 Å². The second kappa shape index (κ2) is 8.38. The van der Waals surface area contributed by atoms with Crippen molar-refractivity contribution in [2.45, 2.75) is 33.3 Å². The number of rotatable bonds is 8. The summed E-state index contributed by atoms with van der Waals surface area (Å²) in [5.41, 5.74) is 1.62. The number of H-pyrrole nitrogens is 1. The van der Waals surface area contributed by atoms with E-state index in [2.05, 4.69) is 22.3 Å². The fourth-order valence-electron chi connectivity index (χ4n) is 2.10. The van der Waals surface area contributed by atoms with Crippen LogP contribution in [0.2, 0.25) is 0 Å². The van der Waals surface area contributed by atoms with Crippen LogP contribution in [0.25, 0.3) is 11.3 Å². The molecular formula is C16H20FN3O3. The second-order valence-electron chi connectivity index (χ2n) is 4.95. The molecule has 124 valence electrons. The first-order valence-corrected chi connectivity index (χ1v) is 7.61. The monoisotopic (exact) mass is 321 g/mol. The first kappa shape index (κ1) is 17.1.